The molecule has 0 unspecified atom stereocenters. The third-order valence-electron chi connectivity index (χ3n) is 6.53. The summed E-state index contributed by atoms with van der Waals surface area (Å²) in [5.74, 6) is 0. The lowest BCUT2D eigenvalue weighted by Crippen LogP contribution is -3.00. The van der Waals surface area contributed by atoms with Crippen LogP contribution in [-0.4, -0.2) is 84.2 Å². The topological polar surface area (TPSA) is 67.2 Å². The molecular formula is C27H60F2N2O3. The molecule has 0 aliphatic rings. The molecule has 0 saturated carbocycles. The largest absolute Gasteiger partial charge is 1.00 e. The first-order valence-corrected chi connectivity index (χ1v) is 14.1. The Kier molecular flexibility index (Phi) is 36.7. The Bertz CT molecular complexity index is 361. The fourth-order valence-corrected chi connectivity index (χ4v) is 4.50. The molecule has 0 aliphatic carbocycles. The molecule has 0 amide bonds. The van der Waals surface area contributed by atoms with Crippen molar-refractivity contribution in [3.63, 3.8) is 0 Å². The van der Waals surface area contributed by atoms with Gasteiger partial charge in [-0.05, 0) is 32.5 Å². The van der Waals surface area contributed by atoms with Gasteiger partial charge in [0.1, 0.15) is 0 Å². The van der Waals surface area contributed by atoms with Crippen LogP contribution in [0.3, 0.4) is 0 Å². The van der Waals surface area contributed by atoms with Gasteiger partial charge in [0.05, 0.1) is 19.8 Å². The predicted octanol–water partition coefficient (Wildman–Crippen LogP) is -0.548. The number of aliphatic hydroxyl groups excluding tert-OH is 3. The van der Waals surface area contributed by atoms with E-state index in [0.717, 1.165) is 32.6 Å². The second-order valence-electron chi connectivity index (χ2n) is 9.51. The number of hydrogen-bond donors (Lipinski definition) is 3. The molecule has 0 heterocycles. The normalized spacial score (nSPS) is 11.1. The number of halogens is 2. The van der Waals surface area contributed by atoms with E-state index in [1.807, 2.05) is 0 Å². The van der Waals surface area contributed by atoms with Crippen molar-refractivity contribution >= 4 is 0 Å². The molecule has 0 fully saturated rings. The van der Waals surface area contributed by atoms with Crippen LogP contribution in [0.4, 0.5) is 0 Å². The van der Waals surface area contributed by atoms with Gasteiger partial charge in [-0.3, -0.25) is 4.90 Å². The van der Waals surface area contributed by atoms with Gasteiger partial charge < -0.3 is 29.6 Å². The first-order valence-electron chi connectivity index (χ1n) is 14.1. The molecule has 0 aromatic rings. The maximum atomic E-state index is 9.33. The zero-order valence-corrected chi connectivity index (χ0v) is 22.4. The van der Waals surface area contributed by atoms with Crippen LogP contribution in [0, 0.1) is 0 Å². The monoisotopic (exact) mass is 498 g/mol. The molecule has 0 atom stereocenters. The van der Waals surface area contributed by atoms with E-state index in [9.17, 15) is 5.11 Å². The van der Waals surface area contributed by atoms with Gasteiger partial charge in [0.25, 0.3) is 0 Å². The fraction of sp³-hybridized carbons (Fsp3) is 1.00. The van der Waals surface area contributed by atoms with Crippen molar-refractivity contribution in [3.05, 3.63) is 0 Å². The van der Waals surface area contributed by atoms with Gasteiger partial charge in [-0.2, -0.15) is 0 Å². The summed E-state index contributed by atoms with van der Waals surface area (Å²) in [7, 11) is 0. The lowest BCUT2D eigenvalue weighted by molar-refractivity contribution is -0.001000. The lowest BCUT2D eigenvalue weighted by Gasteiger charge is -2.24. The summed E-state index contributed by atoms with van der Waals surface area (Å²) in [6.07, 6.45) is 23.3. The number of nitrogens with zero attached hydrogens (tertiary/aromatic N) is 2. The zero-order valence-electron chi connectivity index (χ0n) is 24.4. The molecule has 0 aliphatic heterocycles. The van der Waals surface area contributed by atoms with Gasteiger partial charge in [-0.25, -0.2) is 0 Å². The number of aliphatic hydroxyl groups is 3. The van der Waals surface area contributed by atoms with Crippen molar-refractivity contribution in [3.8, 4) is 0 Å². The van der Waals surface area contributed by atoms with Crippen LogP contribution in [0.15, 0.2) is 0 Å². The summed E-state index contributed by atoms with van der Waals surface area (Å²) < 4.78 is 0. The smallest absolute Gasteiger partial charge is 1.00 e. The molecule has 7 heteroatoms. The van der Waals surface area contributed by atoms with Crippen molar-refractivity contribution in [2.24, 2.45) is 0 Å². The summed E-state index contributed by atoms with van der Waals surface area (Å²) in [5, 5.41) is 27.5. The molecule has 0 rings (SSSR count). The van der Waals surface area contributed by atoms with E-state index in [1.54, 1.807) is 0 Å². The standard InChI is InChI=1S/C27H58N2O3.2FH/c1-2-3-4-5-6-7-8-9-10-11-12-13-14-15-16-17-19-28(22-25-30)20-18-21-29(23-26-31)24-27-32;;/h30-32H,2-27H2,1H3;2*1H. The van der Waals surface area contributed by atoms with Crippen molar-refractivity contribution in [1.29, 1.82) is 0 Å². The Labute approximate surface area is 213 Å². The van der Waals surface area contributed by atoms with Crippen molar-refractivity contribution < 1.29 is 27.6 Å². The first kappa shape index (κ1) is 38.2. The van der Waals surface area contributed by atoms with Crippen molar-refractivity contribution in [1.82, 2.24) is 9.80 Å². The van der Waals surface area contributed by atoms with Gasteiger partial charge >= 0.3 is 2.85 Å². The van der Waals surface area contributed by atoms with Gasteiger partial charge in [0.15, 0.2) is 0 Å². The SMILES string of the molecule is CCCCCCCCCCCCCCCCCCN(CCO)CCCN(CCO)CCO.[F-].[F-].[H+].[H+]. The minimum absolute atomic E-state index is 0. The minimum Gasteiger partial charge on any atom is -1.00 e. The molecule has 210 valence electrons. The second-order valence-corrected chi connectivity index (χ2v) is 9.51. The molecule has 0 aromatic heterocycles. The van der Waals surface area contributed by atoms with E-state index < -0.39 is 0 Å². The molecule has 34 heavy (non-hydrogen) atoms. The third kappa shape index (κ3) is 27.9. The van der Waals surface area contributed by atoms with E-state index in [0.29, 0.717) is 13.1 Å². The van der Waals surface area contributed by atoms with E-state index in [4.69, 9.17) is 10.2 Å². The molecule has 0 saturated heterocycles. The first-order chi connectivity index (χ1) is 15.8. The van der Waals surface area contributed by atoms with Crippen molar-refractivity contribution in [2.75, 3.05) is 59.1 Å². The summed E-state index contributed by atoms with van der Waals surface area (Å²) >= 11 is 0. The molecule has 3 N–H and O–H groups in total. The molecule has 0 bridgehead atoms. The average molecular weight is 499 g/mol. The Hall–Kier alpha value is -0.340. The zero-order chi connectivity index (χ0) is 23.5. The summed E-state index contributed by atoms with van der Waals surface area (Å²) in [6.45, 7) is 7.72. The highest BCUT2D eigenvalue weighted by Crippen LogP contribution is 2.14. The van der Waals surface area contributed by atoms with Crippen molar-refractivity contribution in [2.45, 2.75) is 116 Å². The van der Waals surface area contributed by atoms with Crippen LogP contribution < -0.4 is 9.41 Å². The lowest BCUT2D eigenvalue weighted by atomic mass is 10.0. The van der Waals surface area contributed by atoms with Crippen LogP contribution in [0.1, 0.15) is 119 Å². The van der Waals surface area contributed by atoms with Gasteiger partial charge in [0, 0.05) is 19.6 Å². The number of hydrogen-bond acceptors (Lipinski definition) is 5. The molecule has 0 radical (unpaired) electrons. The highest BCUT2D eigenvalue weighted by Gasteiger charge is 2.07. The van der Waals surface area contributed by atoms with E-state index in [2.05, 4.69) is 16.7 Å². The number of unbranched alkanes of at least 4 members (excludes halogenated alkanes) is 15. The minimum atomic E-state index is 0. The molecule has 0 spiro atoms. The maximum Gasteiger partial charge on any atom is 1.00 e. The Balaban J connectivity index is -0.000000801. The van der Waals surface area contributed by atoms with Crippen LogP contribution >= 0.6 is 0 Å². The molecular weight excluding hydrogens is 438 g/mol. The Morgan fingerprint density at radius 2 is 0.647 bits per heavy atom. The summed E-state index contributed by atoms with van der Waals surface area (Å²) in [6, 6.07) is 0. The maximum absolute atomic E-state index is 9.33. The summed E-state index contributed by atoms with van der Waals surface area (Å²) in [4.78, 5) is 4.46. The van der Waals surface area contributed by atoms with E-state index in [1.165, 1.54) is 103 Å². The van der Waals surface area contributed by atoms with E-state index in [-0.39, 0.29) is 32.1 Å². The van der Waals surface area contributed by atoms with Gasteiger partial charge in [-0.1, -0.05) is 103 Å². The van der Waals surface area contributed by atoms with Crippen LogP contribution in [-0.2, 0) is 0 Å². The fourth-order valence-electron chi connectivity index (χ4n) is 4.50. The Morgan fingerprint density at radius 3 is 0.971 bits per heavy atom. The molecule has 0 aromatic carbocycles. The second kappa shape index (κ2) is 32.7. The van der Waals surface area contributed by atoms with Gasteiger partial charge in [0.2, 0.25) is 0 Å². The van der Waals surface area contributed by atoms with Crippen LogP contribution in [0.2, 0.25) is 0 Å². The molecule has 5 nitrogen and oxygen atoms in total. The third-order valence-corrected chi connectivity index (χ3v) is 6.53. The predicted molar refractivity (Wildman–Crippen MR) is 141 cm³/mol. The average Bonchev–Trinajstić information content (AvgIpc) is 2.79. The Morgan fingerprint density at radius 1 is 0.382 bits per heavy atom. The summed E-state index contributed by atoms with van der Waals surface area (Å²) in [5.41, 5.74) is 0. The van der Waals surface area contributed by atoms with Crippen LogP contribution in [0.5, 0.6) is 0 Å². The highest BCUT2D eigenvalue weighted by molar-refractivity contribution is 4.62. The van der Waals surface area contributed by atoms with Gasteiger partial charge in [-0.15, -0.1) is 0 Å². The van der Waals surface area contributed by atoms with E-state index >= 15 is 0 Å². The quantitative estimate of drug-likeness (QED) is 0.133. The highest BCUT2D eigenvalue weighted by atomic mass is 19.0. The number of rotatable bonds is 27. The van der Waals surface area contributed by atoms with Crippen LogP contribution in [0.25, 0.3) is 0 Å².